The normalized spacial score (nSPS) is 16.2. The lowest BCUT2D eigenvalue weighted by atomic mass is 10.1. The number of aryl methyl sites for hydroxylation is 2. The second kappa shape index (κ2) is 9.54. The smallest absolute Gasteiger partial charge is 0.350 e. The number of nitrogens with one attached hydrogen (secondary N) is 1. The van der Waals surface area contributed by atoms with Gasteiger partial charge >= 0.3 is 5.69 Å². The first kappa shape index (κ1) is 22.7. The Balaban J connectivity index is 1.42. The average Bonchev–Trinajstić information content (AvgIpc) is 3.26. The monoisotopic (exact) mass is 447 g/mol. The van der Waals surface area contributed by atoms with Gasteiger partial charge in [0.25, 0.3) is 11.5 Å². The molecule has 1 unspecified atom stereocenters. The van der Waals surface area contributed by atoms with Gasteiger partial charge in [0.1, 0.15) is 0 Å². The van der Waals surface area contributed by atoms with Crippen LogP contribution in [0.15, 0.2) is 58.1 Å². The number of benzene rings is 2. The summed E-state index contributed by atoms with van der Waals surface area (Å²) in [6.07, 6.45) is 0.973. The summed E-state index contributed by atoms with van der Waals surface area (Å²) in [4.78, 5) is 40.3. The summed E-state index contributed by atoms with van der Waals surface area (Å²) in [6, 6.07) is 15.7. The maximum absolute atomic E-state index is 12.8. The highest BCUT2D eigenvalue weighted by atomic mass is 16.2. The van der Waals surface area contributed by atoms with Crippen LogP contribution in [0.2, 0.25) is 0 Å². The van der Waals surface area contributed by atoms with E-state index in [9.17, 15) is 14.4 Å². The molecule has 1 fully saturated rings. The number of carbonyl (C=O) groups is 1. The summed E-state index contributed by atoms with van der Waals surface area (Å²) in [6.45, 7) is 7.19. The molecule has 0 spiro atoms. The van der Waals surface area contributed by atoms with Crippen molar-refractivity contribution in [3.63, 3.8) is 0 Å². The molecule has 2 aromatic carbocycles. The van der Waals surface area contributed by atoms with Crippen molar-refractivity contribution in [1.82, 2.24) is 24.6 Å². The van der Waals surface area contributed by atoms with Gasteiger partial charge in [-0.2, -0.15) is 9.78 Å². The molecule has 3 aromatic rings. The molecule has 1 aliphatic heterocycles. The summed E-state index contributed by atoms with van der Waals surface area (Å²) >= 11 is 0. The third kappa shape index (κ3) is 5.12. The van der Waals surface area contributed by atoms with E-state index in [1.807, 2.05) is 19.1 Å². The van der Waals surface area contributed by atoms with Crippen molar-refractivity contribution in [2.75, 3.05) is 19.6 Å². The second-order valence-electron chi connectivity index (χ2n) is 8.83. The molecule has 1 N–H and O–H groups in total. The van der Waals surface area contributed by atoms with E-state index < -0.39 is 17.2 Å². The predicted molar refractivity (Wildman–Crippen MR) is 127 cm³/mol. The number of nitrogens with zero attached hydrogens (tertiary/aromatic N) is 4. The molecule has 1 saturated heterocycles. The quantitative estimate of drug-likeness (QED) is 0.623. The molecular weight excluding hydrogens is 418 g/mol. The summed E-state index contributed by atoms with van der Waals surface area (Å²) in [5.41, 5.74) is 2.47. The van der Waals surface area contributed by atoms with Gasteiger partial charge in [-0.3, -0.25) is 19.1 Å². The minimum atomic E-state index is -0.701. The number of aromatic nitrogens is 3. The van der Waals surface area contributed by atoms with Crippen LogP contribution >= 0.6 is 0 Å². The van der Waals surface area contributed by atoms with E-state index in [4.69, 9.17) is 0 Å². The summed E-state index contributed by atoms with van der Waals surface area (Å²) < 4.78 is 2.01. The standard InChI is InChI=1S/C25H29N5O3/c1-17-4-8-19(9-5-17)15-29-13-12-20(16-29)14-26-23(31)22-24(32)28(3)25(33)30(27-22)21-10-6-18(2)7-11-21/h4-11,20H,12-16H2,1-3H3,(H,26,31). The molecule has 33 heavy (non-hydrogen) atoms. The lowest BCUT2D eigenvalue weighted by Gasteiger charge is -2.16. The van der Waals surface area contributed by atoms with Gasteiger partial charge in [0.05, 0.1) is 5.69 Å². The first-order valence-corrected chi connectivity index (χ1v) is 11.2. The van der Waals surface area contributed by atoms with Crippen molar-refractivity contribution < 1.29 is 4.79 Å². The first-order chi connectivity index (χ1) is 15.8. The van der Waals surface area contributed by atoms with Crippen molar-refractivity contribution in [2.24, 2.45) is 13.0 Å². The molecule has 1 amide bonds. The molecule has 8 heteroatoms. The van der Waals surface area contributed by atoms with Gasteiger partial charge in [0.2, 0.25) is 5.69 Å². The second-order valence-corrected chi connectivity index (χ2v) is 8.83. The third-order valence-corrected chi connectivity index (χ3v) is 6.12. The van der Waals surface area contributed by atoms with Gasteiger partial charge in [-0.1, -0.05) is 47.5 Å². The first-order valence-electron chi connectivity index (χ1n) is 11.2. The summed E-state index contributed by atoms with van der Waals surface area (Å²) in [7, 11) is 1.35. The van der Waals surface area contributed by atoms with Crippen molar-refractivity contribution >= 4 is 5.91 Å². The van der Waals surface area contributed by atoms with Crippen LogP contribution in [0.5, 0.6) is 0 Å². The maximum Gasteiger partial charge on any atom is 0.351 e. The topological polar surface area (TPSA) is 89.2 Å². The van der Waals surface area contributed by atoms with Crippen LogP contribution in [0.3, 0.4) is 0 Å². The molecule has 1 atom stereocenters. The van der Waals surface area contributed by atoms with Crippen molar-refractivity contribution in [3.8, 4) is 5.69 Å². The van der Waals surface area contributed by atoms with E-state index in [2.05, 4.69) is 46.5 Å². The Kier molecular flexibility index (Phi) is 6.55. The largest absolute Gasteiger partial charge is 0.351 e. The van der Waals surface area contributed by atoms with Crippen molar-refractivity contribution in [3.05, 3.63) is 91.8 Å². The predicted octanol–water partition coefficient (Wildman–Crippen LogP) is 1.80. The number of amides is 1. The minimum absolute atomic E-state index is 0.285. The molecule has 0 bridgehead atoms. The number of hydrogen-bond acceptors (Lipinski definition) is 5. The van der Waals surface area contributed by atoms with Crippen molar-refractivity contribution in [1.29, 1.82) is 0 Å². The van der Waals surface area contributed by atoms with Crippen molar-refractivity contribution in [2.45, 2.75) is 26.8 Å². The van der Waals surface area contributed by atoms with Crippen LogP contribution < -0.4 is 16.6 Å². The van der Waals surface area contributed by atoms with Crippen LogP contribution in [-0.2, 0) is 13.6 Å². The Morgan fingerprint density at radius 1 is 1.03 bits per heavy atom. The lowest BCUT2D eigenvalue weighted by molar-refractivity contribution is 0.0937. The molecule has 2 heterocycles. The Bertz CT molecular complexity index is 1260. The SMILES string of the molecule is Cc1ccc(CN2CCC(CNC(=O)c3nn(-c4ccc(C)cc4)c(=O)n(C)c3=O)C2)cc1. The van der Waals surface area contributed by atoms with E-state index in [-0.39, 0.29) is 5.69 Å². The molecule has 1 aromatic heterocycles. The van der Waals surface area contributed by atoms with Gasteiger partial charge in [0, 0.05) is 26.7 Å². The fraction of sp³-hybridized carbons (Fsp3) is 0.360. The number of hydrogen-bond donors (Lipinski definition) is 1. The van der Waals surface area contributed by atoms with Crippen LogP contribution in [0, 0.1) is 19.8 Å². The molecule has 172 valence electrons. The Morgan fingerprint density at radius 2 is 1.67 bits per heavy atom. The van der Waals surface area contributed by atoms with Gasteiger partial charge < -0.3 is 5.32 Å². The zero-order chi connectivity index (χ0) is 23.5. The zero-order valence-corrected chi connectivity index (χ0v) is 19.2. The number of rotatable bonds is 6. The van der Waals surface area contributed by atoms with E-state index in [0.717, 1.165) is 40.9 Å². The van der Waals surface area contributed by atoms with Gasteiger partial charge in [-0.25, -0.2) is 4.79 Å². The fourth-order valence-electron chi connectivity index (χ4n) is 4.07. The fourth-order valence-corrected chi connectivity index (χ4v) is 4.07. The molecule has 1 aliphatic rings. The van der Waals surface area contributed by atoms with Gasteiger partial charge in [-0.05, 0) is 50.4 Å². The van der Waals surface area contributed by atoms with E-state index in [1.165, 1.54) is 18.2 Å². The molecule has 4 rings (SSSR count). The van der Waals surface area contributed by atoms with E-state index in [0.29, 0.717) is 18.2 Å². The molecule has 0 aliphatic carbocycles. The third-order valence-electron chi connectivity index (χ3n) is 6.12. The molecule has 0 radical (unpaired) electrons. The van der Waals surface area contributed by atoms with Crippen LogP contribution in [0.25, 0.3) is 5.69 Å². The Morgan fingerprint density at radius 3 is 2.33 bits per heavy atom. The summed E-state index contributed by atoms with van der Waals surface area (Å²) in [5, 5.41) is 6.96. The molecular formula is C25H29N5O3. The average molecular weight is 448 g/mol. The Labute approximate surface area is 192 Å². The molecule has 0 saturated carbocycles. The highest BCUT2D eigenvalue weighted by molar-refractivity contribution is 5.91. The highest BCUT2D eigenvalue weighted by Gasteiger charge is 2.24. The lowest BCUT2D eigenvalue weighted by Crippen LogP contribution is -2.45. The van der Waals surface area contributed by atoms with E-state index in [1.54, 1.807) is 12.1 Å². The van der Waals surface area contributed by atoms with E-state index >= 15 is 0 Å². The molecule has 8 nitrogen and oxygen atoms in total. The highest BCUT2D eigenvalue weighted by Crippen LogP contribution is 2.18. The number of carbonyl (C=O) groups excluding carboxylic acids is 1. The van der Waals surface area contributed by atoms with Crippen LogP contribution in [-0.4, -0.2) is 44.8 Å². The van der Waals surface area contributed by atoms with Crippen LogP contribution in [0.4, 0.5) is 0 Å². The summed E-state index contributed by atoms with van der Waals surface area (Å²) in [5.74, 6) is -0.264. The minimum Gasteiger partial charge on any atom is -0.350 e. The maximum atomic E-state index is 12.8. The van der Waals surface area contributed by atoms with Gasteiger partial charge in [-0.15, -0.1) is 0 Å². The Hall–Kier alpha value is -3.52. The zero-order valence-electron chi connectivity index (χ0n) is 19.2. The van der Waals surface area contributed by atoms with Gasteiger partial charge in [0.15, 0.2) is 0 Å². The van der Waals surface area contributed by atoms with Crippen LogP contribution in [0.1, 0.15) is 33.6 Å². The number of likely N-dealkylation sites (tertiary alicyclic amines) is 1.